The molecule has 0 saturated carbocycles. The molecule has 1 amide bonds. The smallest absolute Gasteiger partial charge is 0.238 e. The molecular formula is C9H6BrF4NO. The number of hydrogen-bond donors (Lipinski definition) is 1. The van der Waals surface area contributed by atoms with Gasteiger partial charge < -0.3 is 5.32 Å². The lowest BCUT2D eigenvalue weighted by molar-refractivity contribution is -0.115. The van der Waals surface area contributed by atoms with Crippen LogP contribution in [0.5, 0.6) is 0 Å². The zero-order valence-corrected chi connectivity index (χ0v) is 9.54. The maximum Gasteiger partial charge on any atom is 0.238 e. The van der Waals surface area contributed by atoms with E-state index in [9.17, 15) is 22.4 Å². The summed E-state index contributed by atoms with van der Waals surface area (Å²) in [5.74, 6) is -7.24. The predicted molar refractivity (Wildman–Crippen MR) is 53.3 cm³/mol. The molecule has 0 fully saturated rings. The van der Waals surface area contributed by atoms with Crippen LogP contribution in [0.1, 0.15) is 6.92 Å². The standard InChI is InChI=1S/C9H6BrF4NO/c1-3(10)9(16)15-8-6(13)4(11)2-5(12)7(8)14/h2-3H,1H3,(H,15,16)/t3-/m1/s1. The second kappa shape index (κ2) is 4.82. The third kappa shape index (κ3) is 2.52. The summed E-state index contributed by atoms with van der Waals surface area (Å²) >= 11 is 2.84. The predicted octanol–water partition coefficient (Wildman–Crippen LogP) is 2.96. The van der Waals surface area contributed by atoms with E-state index in [0.29, 0.717) is 0 Å². The fourth-order valence-electron chi connectivity index (χ4n) is 0.906. The van der Waals surface area contributed by atoms with Gasteiger partial charge in [-0.15, -0.1) is 0 Å². The topological polar surface area (TPSA) is 29.1 Å². The van der Waals surface area contributed by atoms with Crippen molar-refractivity contribution >= 4 is 27.5 Å². The Balaban J connectivity index is 3.18. The highest BCUT2D eigenvalue weighted by Gasteiger charge is 2.21. The minimum Gasteiger partial charge on any atom is -0.320 e. The molecule has 2 nitrogen and oxygen atoms in total. The third-order valence-electron chi connectivity index (χ3n) is 1.72. The quantitative estimate of drug-likeness (QED) is 0.508. The van der Waals surface area contributed by atoms with E-state index in [1.54, 1.807) is 5.32 Å². The molecule has 1 N–H and O–H groups in total. The molecule has 1 aromatic rings. The summed E-state index contributed by atoms with van der Waals surface area (Å²) in [6.45, 7) is 1.39. The zero-order valence-electron chi connectivity index (χ0n) is 7.95. The van der Waals surface area contributed by atoms with E-state index in [1.807, 2.05) is 0 Å². The van der Waals surface area contributed by atoms with E-state index in [1.165, 1.54) is 6.92 Å². The van der Waals surface area contributed by atoms with Crippen molar-refractivity contribution < 1.29 is 22.4 Å². The summed E-state index contributed by atoms with van der Waals surface area (Å²) in [7, 11) is 0. The molecule has 0 bridgehead atoms. The van der Waals surface area contributed by atoms with Crippen LogP contribution in [-0.4, -0.2) is 10.7 Å². The normalized spacial score (nSPS) is 12.4. The van der Waals surface area contributed by atoms with Gasteiger partial charge in [0.15, 0.2) is 23.3 Å². The number of carbonyl (C=O) groups is 1. The lowest BCUT2D eigenvalue weighted by atomic mass is 10.2. The van der Waals surface area contributed by atoms with Gasteiger partial charge in [-0.1, -0.05) is 15.9 Å². The molecule has 88 valence electrons. The minimum atomic E-state index is -1.64. The molecule has 0 aliphatic rings. The molecule has 1 atom stereocenters. The molecule has 0 radical (unpaired) electrons. The number of halogens is 5. The van der Waals surface area contributed by atoms with Crippen molar-refractivity contribution in [2.75, 3.05) is 5.32 Å². The van der Waals surface area contributed by atoms with Crippen molar-refractivity contribution in [3.63, 3.8) is 0 Å². The molecule has 7 heteroatoms. The van der Waals surface area contributed by atoms with E-state index in [-0.39, 0.29) is 6.07 Å². The molecule has 1 rings (SSSR count). The van der Waals surface area contributed by atoms with Gasteiger partial charge in [0.2, 0.25) is 5.91 Å². The van der Waals surface area contributed by atoms with E-state index < -0.39 is 39.7 Å². The Labute approximate surface area is 96.8 Å². The van der Waals surface area contributed by atoms with Gasteiger partial charge in [-0.3, -0.25) is 4.79 Å². The lowest BCUT2D eigenvalue weighted by Crippen LogP contribution is -2.22. The Morgan fingerprint density at radius 3 is 2.06 bits per heavy atom. The first kappa shape index (κ1) is 13.0. The van der Waals surface area contributed by atoms with E-state index in [2.05, 4.69) is 15.9 Å². The first-order valence-electron chi connectivity index (χ1n) is 4.12. The van der Waals surface area contributed by atoms with Crippen LogP contribution in [0, 0.1) is 23.3 Å². The first-order chi connectivity index (χ1) is 7.34. The van der Waals surface area contributed by atoms with E-state index >= 15 is 0 Å². The number of alkyl halides is 1. The average Bonchev–Trinajstić information content (AvgIpc) is 2.21. The highest BCUT2D eigenvalue weighted by atomic mass is 79.9. The van der Waals surface area contributed by atoms with Crippen molar-refractivity contribution in [3.05, 3.63) is 29.3 Å². The van der Waals surface area contributed by atoms with Crippen LogP contribution in [-0.2, 0) is 4.79 Å². The third-order valence-corrected chi connectivity index (χ3v) is 2.14. The highest BCUT2D eigenvalue weighted by Crippen LogP contribution is 2.24. The Kier molecular flexibility index (Phi) is 3.90. The number of anilines is 1. The van der Waals surface area contributed by atoms with Crippen molar-refractivity contribution in [2.45, 2.75) is 11.8 Å². The summed E-state index contributed by atoms with van der Waals surface area (Å²) in [6, 6.07) is 0.0673. The Morgan fingerprint density at radius 1 is 1.25 bits per heavy atom. The highest BCUT2D eigenvalue weighted by molar-refractivity contribution is 9.10. The molecule has 0 saturated heterocycles. The van der Waals surface area contributed by atoms with Gasteiger partial charge >= 0.3 is 0 Å². The summed E-state index contributed by atoms with van der Waals surface area (Å²) in [5, 5.41) is 1.74. The molecule has 0 unspecified atom stereocenters. The fourth-order valence-corrected chi connectivity index (χ4v) is 1.02. The fraction of sp³-hybridized carbons (Fsp3) is 0.222. The average molecular weight is 300 g/mol. The Morgan fingerprint density at radius 2 is 1.69 bits per heavy atom. The second-order valence-electron chi connectivity index (χ2n) is 2.95. The van der Waals surface area contributed by atoms with Crippen LogP contribution < -0.4 is 5.32 Å². The van der Waals surface area contributed by atoms with Gasteiger partial charge in [0.05, 0.1) is 4.83 Å². The molecule has 0 aromatic heterocycles. The summed E-state index contributed by atoms with van der Waals surface area (Å²) < 4.78 is 51.6. The van der Waals surface area contributed by atoms with Gasteiger partial charge in [0.25, 0.3) is 0 Å². The van der Waals surface area contributed by atoms with Crippen molar-refractivity contribution in [2.24, 2.45) is 0 Å². The van der Waals surface area contributed by atoms with Gasteiger partial charge in [0, 0.05) is 6.07 Å². The van der Waals surface area contributed by atoms with Gasteiger partial charge in [0.1, 0.15) is 5.69 Å². The summed E-state index contributed by atoms with van der Waals surface area (Å²) in [4.78, 5) is 10.4. The number of amides is 1. The van der Waals surface area contributed by atoms with Crippen LogP contribution in [0.15, 0.2) is 6.07 Å². The van der Waals surface area contributed by atoms with Gasteiger partial charge in [-0.2, -0.15) is 0 Å². The van der Waals surface area contributed by atoms with Crippen LogP contribution >= 0.6 is 15.9 Å². The first-order valence-corrected chi connectivity index (χ1v) is 5.04. The molecule has 0 aliphatic carbocycles. The molecule has 1 aromatic carbocycles. The number of hydrogen-bond acceptors (Lipinski definition) is 1. The van der Waals surface area contributed by atoms with Crippen molar-refractivity contribution in [1.82, 2.24) is 0 Å². The zero-order chi connectivity index (χ0) is 12.5. The number of benzene rings is 1. The maximum atomic E-state index is 13.1. The maximum absolute atomic E-state index is 13.1. The molecular weight excluding hydrogens is 294 g/mol. The van der Waals surface area contributed by atoms with Gasteiger partial charge in [-0.05, 0) is 6.92 Å². The van der Waals surface area contributed by atoms with Crippen molar-refractivity contribution in [3.8, 4) is 0 Å². The minimum absolute atomic E-state index is 0.0673. The van der Waals surface area contributed by atoms with Crippen LogP contribution in [0.25, 0.3) is 0 Å². The summed E-state index contributed by atoms with van der Waals surface area (Å²) in [6.07, 6.45) is 0. The van der Waals surface area contributed by atoms with E-state index in [4.69, 9.17) is 0 Å². The van der Waals surface area contributed by atoms with Gasteiger partial charge in [-0.25, -0.2) is 17.6 Å². The van der Waals surface area contributed by atoms with Crippen molar-refractivity contribution in [1.29, 1.82) is 0 Å². The number of rotatable bonds is 2. The second-order valence-corrected chi connectivity index (χ2v) is 4.32. The molecule has 0 spiro atoms. The van der Waals surface area contributed by atoms with Crippen LogP contribution in [0.4, 0.5) is 23.2 Å². The summed E-state index contributed by atoms with van der Waals surface area (Å²) in [5.41, 5.74) is -1.13. The Hall–Kier alpha value is -1.11. The monoisotopic (exact) mass is 299 g/mol. The van der Waals surface area contributed by atoms with E-state index in [0.717, 1.165) is 0 Å². The molecule has 0 aliphatic heterocycles. The van der Waals surface area contributed by atoms with Crippen LogP contribution in [0.3, 0.4) is 0 Å². The number of carbonyl (C=O) groups excluding carboxylic acids is 1. The SMILES string of the molecule is C[C@@H](Br)C(=O)Nc1c(F)c(F)cc(F)c1F. The number of nitrogens with one attached hydrogen (secondary N) is 1. The van der Waals surface area contributed by atoms with Crippen LogP contribution in [0.2, 0.25) is 0 Å². The largest absolute Gasteiger partial charge is 0.320 e. The Bertz CT molecular complexity index is 410. The lowest BCUT2D eigenvalue weighted by Gasteiger charge is -2.09. The molecule has 0 heterocycles. The molecule has 16 heavy (non-hydrogen) atoms.